The van der Waals surface area contributed by atoms with E-state index in [2.05, 4.69) is 184 Å². The summed E-state index contributed by atoms with van der Waals surface area (Å²) < 4.78 is 26.7. The van der Waals surface area contributed by atoms with Gasteiger partial charge in [0.2, 0.25) is 0 Å². The first-order chi connectivity index (χ1) is 35.5. The van der Waals surface area contributed by atoms with Crippen LogP contribution in [-0.4, -0.2) is 22.6 Å². The van der Waals surface area contributed by atoms with Gasteiger partial charge in [0, 0.05) is 40.1 Å². The van der Waals surface area contributed by atoms with Gasteiger partial charge in [-0.1, -0.05) is 198 Å². The van der Waals surface area contributed by atoms with E-state index in [1.54, 1.807) is 6.20 Å². The van der Waals surface area contributed by atoms with Crippen LogP contribution in [-0.2, 0) is 26.5 Å². The minimum atomic E-state index is -2.07. The third-order valence-corrected chi connectivity index (χ3v) is 17.2. The zero-order chi connectivity index (χ0) is 51.9. The summed E-state index contributed by atoms with van der Waals surface area (Å²) in [7, 11) is -2.07. The van der Waals surface area contributed by atoms with Crippen molar-refractivity contribution in [2.45, 2.75) is 79.8 Å². The number of hydrogen-bond donors (Lipinski definition) is 0. The number of rotatable bonds is 10. The van der Waals surface area contributed by atoms with Crippen LogP contribution in [0.3, 0.4) is 0 Å². The maximum absolute atomic E-state index is 8.78. The minimum Gasteiger partial charge on any atom is -0.501 e. The predicted molar refractivity (Wildman–Crippen MR) is 307 cm³/mol. The van der Waals surface area contributed by atoms with Crippen molar-refractivity contribution in [3.05, 3.63) is 223 Å². The first-order valence-electron chi connectivity index (χ1n) is 26.2. The Kier molecular flexibility index (Phi) is 14.1. The van der Waals surface area contributed by atoms with Crippen molar-refractivity contribution in [3.63, 3.8) is 0 Å². The molecule has 0 aliphatic heterocycles. The molecule has 6 heteroatoms. The van der Waals surface area contributed by atoms with Crippen molar-refractivity contribution in [2.24, 2.45) is 5.41 Å². The van der Waals surface area contributed by atoms with Crippen LogP contribution in [0.4, 0.5) is 0 Å². The standard InChI is InChI=1S/C56H55N2OSi.C11H8N.Ir/c1-36(2)48-32-42(40-24-29-44(30-25-40)60(8,9)43-27-22-38(23-28-43)35-56(5,6)7)33-49(37(3)4)53(48)58-51-21-14-13-20-50(51)57-55(58)47-19-15-18-46-45-31-26-41(34-52(45)59-54(46)47)39-16-11-10-12-17-39;1-2-6-10(7-3-1)11-8-4-5-9-12-11;/h10-18,20-34,36-37H,35H2,1-9H3;1-6,8-9H;/q2*-1;/i35D2;;. The number of para-hydroxylation sites is 2. The summed E-state index contributed by atoms with van der Waals surface area (Å²) in [6, 6.07) is 72.2. The Labute approximate surface area is 449 Å². The van der Waals surface area contributed by atoms with E-state index in [0.29, 0.717) is 0 Å². The molecule has 0 saturated heterocycles. The zero-order valence-corrected chi connectivity index (χ0v) is 46.6. The van der Waals surface area contributed by atoms with Gasteiger partial charge in [-0.05, 0) is 105 Å². The van der Waals surface area contributed by atoms with Gasteiger partial charge in [0.05, 0.1) is 22.4 Å². The Morgan fingerprint density at radius 2 is 1.25 bits per heavy atom. The van der Waals surface area contributed by atoms with E-state index in [4.69, 9.17) is 12.1 Å². The van der Waals surface area contributed by atoms with Crippen LogP contribution in [0, 0.1) is 17.5 Å². The summed E-state index contributed by atoms with van der Waals surface area (Å²) in [5, 5.41) is 4.76. The quantitative estimate of drug-likeness (QED) is 0.101. The first-order valence-corrected chi connectivity index (χ1v) is 28.2. The van der Waals surface area contributed by atoms with Gasteiger partial charge >= 0.3 is 0 Å². The van der Waals surface area contributed by atoms with Crippen molar-refractivity contribution in [1.29, 1.82) is 0 Å². The van der Waals surface area contributed by atoms with Gasteiger partial charge in [-0.25, -0.2) is 0 Å². The van der Waals surface area contributed by atoms with E-state index >= 15 is 0 Å². The van der Waals surface area contributed by atoms with Crippen LogP contribution < -0.4 is 10.4 Å². The molecule has 0 N–H and O–H groups in total. The molecule has 73 heavy (non-hydrogen) atoms. The molecule has 0 aliphatic carbocycles. The molecule has 3 heterocycles. The molecule has 1 radical (unpaired) electrons. The van der Waals surface area contributed by atoms with Crippen molar-refractivity contribution in [1.82, 2.24) is 14.5 Å². The van der Waals surface area contributed by atoms with E-state index in [0.717, 1.165) is 72.3 Å². The fourth-order valence-corrected chi connectivity index (χ4v) is 12.2. The second kappa shape index (κ2) is 21.3. The van der Waals surface area contributed by atoms with Crippen molar-refractivity contribution in [3.8, 4) is 50.6 Å². The fourth-order valence-electron chi connectivity index (χ4n) is 9.85. The zero-order valence-electron chi connectivity index (χ0n) is 45.2. The monoisotopic (exact) mass is 1150 g/mol. The Bertz CT molecular complexity index is 3680. The minimum absolute atomic E-state index is 0. The summed E-state index contributed by atoms with van der Waals surface area (Å²) in [6.07, 6.45) is 0.371. The molecule has 0 bridgehead atoms. The normalized spacial score (nSPS) is 12.4. The molecule has 0 amide bonds. The summed E-state index contributed by atoms with van der Waals surface area (Å²) in [4.78, 5) is 9.59. The van der Waals surface area contributed by atoms with Crippen LogP contribution in [0.5, 0.6) is 0 Å². The van der Waals surface area contributed by atoms with Gasteiger partial charge in [-0.15, -0.1) is 54.1 Å². The molecule has 0 aliphatic rings. The van der Waals surface area contributed by atoms with Crippen molar-refractivity contribution in [2.75, 3.05) is 0 Å². The molecule has 367 valence electrons. The fraction of sp³-hybridized carbons (Fsp3) is 0.194. The molecule has 4 nitrogen and oxygen atoms in total. The number of hydrogen-bond acceptors (Lipinski definition) is 3. The molecule has 0 atom stereocenters. The largest absolute Gasteiger partial charge is 0.501 e. The summed E-state index contributed by atoms with van der Waals surface area (Å²) in [5.74, 6) is 1.25. The van der Waals surface area contributed by atoms with Gasteiger partial charge in [0.15, 0.2) is 0 Å². The number of fused-ring (bicyclic) bond motifs is 4. The summed E-state index contributed by atoms with van der Waals surface area (Å²) >= 11 is 0. The Balaban J connectivity index is 0.000000464. The van der Waals surface area contributed by atoms with Gasteiger partial charge in [-0.2, -0.15) is 0 Å². The maximum Gasteiger partial charge on any atom is 0.121 e. The van der Waals surface area contributed by atoms with Crippen molar-refractivity contribution >= 4 is 51.4 Å². The Morgan fingerprint density at radius 1 is 0.616 bits per heavy atom. The third kappa shape index (κ3) is 10.6. The number of imidazole rings is 1. The van der Waals surface area contributed by atoms with E-state index < -0.39 is 19.9 Å². The average molecular weight is 1150 g/mol. The number of pyridine rings is 1. The number of furan rings is 1. The van der Waals surface area contributed by atoms with Gasteiger partial charge in [0.25, 0.3) is 0 Å². The van der Waals surface area contributed by atoms with Crippen LogP contribution in [0.1, 0.15) is 79.7 Å². The van der Waals surface area contributed by atoms with Crippen LogP contribution in [0.15, 0.2) is 199 Å². The van der Waals surface area contributed by atoms with Crippen LogP contribution >= 0.6 is 0 Å². The molecular formula is C67H63IrN3OSi-2. The van der Waals surface area contributed by atoms with Gasteiger partial charge < -0.3 is 14.0 Å². The van der Waals surface area contributed by atoms with E-state index in [1.165, 1.54) is 38.3 Å². The third-order valence-electron chi connectivity index (χ3n) is 13.7. The number of nitrogens with zero attached hydrogens (tertiary/aromatic N) is 3. The SMILES string of the molecule is [2H]C([2H])(c1ccc([Si](C)(C)c2ccc(-c3cc(C(C)C)c(-n4c(-c5[c-]ccc6c5oc5cc(-c7ccccc7)ccc56)nc5ccccc54)c(C(C)C)c3)cc2)cc1)C(C)(C)C.[Ir].[c-]1ccccc1-c1ccccn1. The van der Waals surface area contributed by atoms with Gasteiger partial charge in [0.1, 0.15) is 13.7 Å². The Morgan fingerprint density at radius 3 is 1.89 bits per heavy atom. The molecule has 0 spiro atoms. The van der Waals surface area contributed by atoms with Crippen LogP contribution in [0.25, 0.3) is 83.6 Å². The van der Waals surface area contributed by atoms with Crippen molar-refractivity contribution < 1.29 is 27.3 Å². The summed E-state index contributed by atoms with van der Waals surface area (Å²) in [6.45, 7) is 19.8. The van der Waals surface area contributed by atoms with E-state index in [-0.39, 0.29) is 31.9 Å². The number of aromatic nitrogens is 3. The molecule has 0 fully saturated rings. The maximum atomic E-state index is 8.78. The molecule has 0 saturated carbocycles. The smallest absolute Gasteiger partial charge is 0.121 e. The molecule has 11 aromatic rings. The molecular weight excluding hydrogens is 1080 g/mol. The molecule has 3 aromatic heterocycles. The Hall–Kier alpha value is -6.95. The van der Waals surface area contributed by atoms with Gasteiger partial charge in [-0.3, -0.25) is 4.98 Å². The second-order valence-corrected chi connectivity index (χ2v) is 25.4. The van der Waals surface area contributed by atoms with Crippen LogP contribution in [0.2, 0.25) is 13.1 Å². The van der Waals surface area contributed by atoms with E-state index in [9.17, 15) is 0 Å². The number of benzene rings is 8. The summed E-state index contributed by atoms with van der Waals surface area (Å²) in [5.41, 5.74) is 15.0. The van der Waals surface area contributed by atoms with E-state index in [1.807, 2.05) is 87.5 Å². The predicted octanol–water partition coefficient (Wildman–Crippen LogP) is 16.9. The first kappa shape index (κ1) is 48.3. The average Bonchev–Trinajstić information content (AvgIpc) is 4.00. The molecule has 0 unspecified atom stereocenters. The topological polar surface area (TPSA) is 43.9 Å². The molecule has 8 aromatic carbocycles. The second-order valence-electron chi connectivity index (χ2n) is 21.0. The molecule has 11 rings (SSSR count).